The number of hydrogen-bond acceptors (Lipinski definition) is 1. The van der Waals surface area contributed by atoms with Gasteiger partial charge in [-0.3, -0.25) is 0 Å². The van der Waals surface area contributed by atoms with E-state index in [0.717, 1.165) is 6.16 Å². The summed E-state index contributed by atoms with van der Waals surface area (Å²) in [4.78, 5) is 2.27. The van der Waals surface area contributed by atoms with Crippen LogP contribution in [0.2, 0.25) is 0 Å². The minimum absolute atomic E-state index is 0.983. The van der Waals surface area contributed by atoms with Gasteiger partial charge in [-0.1, -0.05) is 48.5 Å². The second-order valence-corrected chi connectivity index (χ2v) is 5.29. The molecule has 0 aliphatic rings. The zero-order valence-electron chi connectivity index (χ0n) is 11.8. The lowest BCUT2D eigenvalue weighted by Gasteiger charge is -2.25. The van der Waals surface area contributed by atoms with Crippen LogP contribution in [0.25, 0.3) is 0 Å². The first-order valence-corrected chi connectivity index (χ1v) is 7.89. The topological polar surface area (TPSA) is 3.24 Å². The van der Waals surface area contributed by atoms with Crippen molar-refractivity contribution in [2.24, 2.45) is 0 Å². The van der Waals surface area contributed by atoms with Crippen LogP contribution in [0.4, 0.5) is 17.1 Å². The van der Waals surface area contributed by atoms with Crippen molar-refractivity contribution in [2.45, 2.75) is 6.16 Å². The molecule has 0 fully saturated rings. The number of anilines is 3. The summed E-state index contributed by atoms with van der Waals surface area (Å²) in [6, 6.07) is 29.6. The molecular formula is C19H18NP. The number of nitrogens with zero attached hydrogens (tertiary/aromatic N) is 1. The Hall–Kier alpha value is -2.11. The Morgan fingerprint density at radius 3 is 1.43 bits per heavy atom. The van der Waals surface area contributed by atoms with E-state index in [4.69, 9.17) is 0 Å². The molecule has 1 atom stereocenters. The van der Waals surface area contributed by atoms with Crippen molar-refractivity contribution in [1.82, 2.24) is 0 Å². The molecule has 0 spiro atoms. The molecular weight excluding hydrogens is 273 g/mol. The molecule has 3 aromatic carbocycles. The Morgan fingerprint density at radius 1 is 0.571 bits per heavy atom. The van der Waals surface area contributed by atoms with Gasteiger partial charge in [0.1, 0.15) is 0 Å². The van der Waals surface area contributed by atoms with Crippen LogP contribution in [0, 0.1) is 0 Å². The first-order valence-electron chi connectivity index (χ1n) is 7.08. The maximum atomic E-state index is 2.77. The molecule has 21 heavy (non-hydrogen) atoms. The highest BCUT2D eigenvalue weighted by atomic mass is 31.0. The third kappa shape index (κ3) is 3.15. The van der Waals surface area contributed by atoms with E-state index >= 15 is 0 Å². The van der Waals surface area contributed by atoms with E-state index in [1.165, 1.54) is 22.6 Å². The first-order chi connectivity index (χ1) is 10.4. The van der Waals surface area contributed by atoms with Crippen LogP contribution in [0.15, 0.2) is 84.9 Å². The zero-order valence-corrected chi connectivity index (χ0v) is 13.0. The summed E-state index contributed by atoms with van der Waals surface area (Å²) in [6.45, 7) is 0. The van der Waals surface area contributed by atoms with Crippen molar-refractivity contribution in [1.29, 1.82) is 0 Å². The van der Waals surface area contributed by atoms with Gasteiger partial charge in [-0.25, -0.2) is 0 Å². The van der Waals surface area contributed by atoms with E-state index in [9.17, 15) is 0 Å². The van der Waals surface area contributed by atoms with Crippen LogP contribution < -0.4 is 4.90 Å². The Balaban J connectivity index is 2.07. The number of para-hydroxylation sites is 2. The highest BCUT2D eigenvalue weighted by Gasteiger charge is 2.11. The van der Waals surface area contributed by atoms with Gasteiger partial charge in [0.25, 0.3) is 0 Å². The number of rotatable bonds is 4. The second kappa shape index (κ2) is 6.56. The van der Waals surface area contributed by atoms with Crippen molar-refractivity contribution in [3.63, 3.8) is 0 Å². The predicted molar refractivity (Wildman–Crippen MR) is 94.5 cm³/mol. The number of hydrogen-bond donors (Lipinski definition) is 0. The average Bonchev–Trinajstić information content (AvgIpc) is 2.58. The molecule has 3 rings (SSSR count). The summed E-state index contributed by atoms with van der Waals surface area (Å²) in [5.41, 5.74) is 4.84. The Labute approximate surface area is 128 Å². The lowest BCUT2D eigenvalue weighted by Crippen LogP contribution is -2.09. The third-order valence-corrected chi connectivity index (χ3v) is 3.93. The van der Waals surface area contributed by atoms with Gasteiger partial charge in [-0.2, -0.15) is 0 Å². The monoisotopic (exact) mass is 291 g/mol. The van der Waals surface area contributed by atoms with Crippen molar-refractivity contribution in [3.8, 4) is 0 Å². The summed E-state index contributed by atoms with van der Waals surface area (Å²) >= 11 is 0. The largest absolute Gasteiger partial charge is 0.311 e. The second-order valence-electron chi connectivity index (χ2n) is 4.88. The smallest absolute Gasteiger partial charge is 0.0461 e. The van der Waals surface area contributed by atoms with Gasteiger partial charge in [-0.15, -0.1) is 9.24 Å². The molecule has 0 aliphatic carbocycles. The maximum Gasteiger partial charge on any atom is 0.0461 e. The normalized spacial score (nSPS) is 10.3. The molecule has 0 heterocycles. The van der Waals surface area contributed by atoms with Crippen molar-refractivity contribution in [3.05, 3.63) is 90.5 Å². The number of benzene rings is 3. The molecule has 104 valence electrons. The maximum absolute atomic E-state index is 2.77. The van der Waals surface area contributed by atoms with Gasteiger partial charge in [0.05, 0.1) is 0 Å². The first kappa shape index (κ1) is 13.9. The molecule has 0 saturated heterocycles. The van der Waals surface area contributed by atoms with Crippen molar-refractivity contribution in [2.75, 3.05) is 4.90 Å². The molecule has 0 saturated carbocycles. The standard InChI is InChI=1S/C19H18NP/c21-15-16-11-13-19(14-12-16)20(17-7-3-1-4-8-17)18-9-5-2-6-10-18/h1-14H,15,21H2. The molecule has 0 aromatic heterocycles. The minimum Gasteiger partial charge on any atom is -0.311 e. The van der Waals surface area contributed by atoms with Crippen LogP contribution >= 0.6 is 9.24 Å². The van der Waals surface area contributed by atoms with Crippen LogP contribution in [-0.4, -0.2) is 0 Å². The third-order valence-electron chi connectivity index (χ3n) is 3.46. The molecule has 0 bridgehead atoms. The summed E-state index contributed by atoms with van der Waals surface area (Å²) in [6.07, 6.45) is 0.983. The van der Waals surface area contributed by atoms with Crippen molar-refractivity contribution < 1.29 is 0 Å². The molecule has 2 heteroatoms. The summed E-state index contributed by atoms with van der Waals surface area (Å²) in [5, 5.41) is 0. The van der Waals surface area contributed by atoms with Crippen LogP contribution in [0.3, 0.4) is 0 Å². The van der Waals surface area contributed by atoms with Crippen LogP contribution in [0.5, 0.6) is 0 Å². The lowest BCUT2D eigenvalue weighted by atomic mass is 10.1. The minimum atomic E-state index is 0.983. The van der Waals surface area contributed by atoms with E-state index < -0.39 is 0 Å². The lowest BCUT2D eigenvalue weighted by molar-refractivity contribution is 1.27. The van der Waals surface area contributed by atoms with Gasteiger partial charge in [0.2, 0.25) is 0 Å². The highest BCUT2D eigenvalue weighted by molar-refractivity contribution is 7.15. The summed E-state index contributed by atoms with van der Waals surface area (Å²) in [5.74, 6) is 0. The van der Waals surface area contributed by atoms with Crippen LogP contribution in [-0.2, 0) is 6.16 Å². The Bertz CT molecular complexity index is 638. The fourth-order valence-corrected chi connectivity index (χ4v) is 2.65. The van der Waals surface area contributed by atoms with E-state index in [-0.39, 0.29) is 0 Å². The van der Waals surface area contributed by atoms with E-state index in [2.05, 4.69) is 86.9 Å². The fraction of sp³-hybridized carbons (Fsp3) is 0.0526. The summed E-state index contributed by atoms with van der Waals surface area (Å²) < 4.78 is 0. The van der Waals surface area contributed by atoms with E-state index in [0.29, 0.717) is 0 Å². The Kier molecular flexibility index (Phi) is 4.33. The van der Waals surface area contributed by atoms with Crippen molar-refractivity contribution >= 4 is 26.3 Å². The molecule has 1 nitrogen and oxygen atoms in total. The van der Waals surface area contributed by atoms with E-state index in [1.54, 1.807) is 0 Å². The van der Waals surface area contributed by atoms with Gasteiger partial charge >= 0.3 is 0 Å². The molecule has 0 radical (unpaired) electrons. The summed E-state index contributed by atoms with van der Waals surface area (Å²) in [7, 11) is 2.77. The van der Waals surface area contributed by atoms with Gasteiger partial charge in [0, 0.05) is 17.1 Å². The quantitative estimate of drug-likeness (QED) is 0.571. The fourth-order valence-electron chi connectivity index (χ4n) is 2.38. The Morgan fingerprint density at radius 2 is 1.00 bits per heavy atom. The van der Waals surface area contributed by atoms with E-state index in [1.807, 2.05) is 12.1 Å². The molecule has 0 N–H and O–H groups in total. The van der Waals surface area contributed by atoms with Gasteiger partial charge in [0.15, 0.2) is 0 Å². The molecule has 1 unspecified atom stereocenters. The van der Waals surface area contributed by atoms with Gasteiger partial charge in [-0.05, 0) is 48.1 Å². The highest BCUT2D eigenvalue weighted by Crippen LogP contribution is 2.34. The molecule has 3 aromatic rings. The SMILES string of the molecule is PCc1ccc(N(c2ccccc2)c2ccccc2)cc1. The zero-order chi connectivity index (χ0) is 14.5. The average molecular weight is 291 g/mol. The predicted octanol–water partition coefficient (Wildman–Crippen LogP) is 5.53. The molecule has 0 amide bonds. The van der Waals surface area contributed by atoms with Gasteiger partial charge < -0.3 is 4.90 Å². The van der Waals surface area contributed by atoms with Crippen LogP contribution in [0.1, 0.15) is 5.56 Å². The molecule has 0 aliphatic heterocycles.